The summed E-state index contributed by atoms with van der Waals surface area (Å²) < 4.78 is 25.2. The fourth-order valence-electron chi connectivity index (χ4n) is 1.88. The van der Waals surface area contributed by atoms with Crippen molar-refractivity contribution in [2.24, 2.45) is 5.92 Å². The average molecular weight is 320 g/mol. The van der Waals surface area contributed by atoms with Crippen molar-refractivity contribution in [2.45, 2.75) is 48.2 Å². The minimum Gasteiger partial charge on any atom is -0.194 e. The maximum absolute atomic E-state index is 12.6. The van der Waals surface area contributed by atoms with E-state index in [9.17, 15) is 8.78 Å². The van der Waals surface area contributed by atoms with Crippen LogP contribution in [0.5, 0.6) is 0 Å². The molecule has 1 unspecified atom stereocenters. The zero-order valence-electron chi connectivity index (χ0n) is 7.41. The normalized spacial score (nSPS) is 23.1. The Kier molecular flexibility index (Phi) is 4.63. The molecule has 0 aromatic carbocycles. The molecule has 0 nitrogen and oxygen atoms in total. The summed E-state index contributed by atoms with van der Waals surface area (Å²) in [7, 11) is 0. The molecule has 1 rings (SSSR count). The number of alkyl halides is 4. The van der Waals surface area contributed by atoms with E-state index in [2.05, 4.69) is 31.9 Å². The van der Waals surface area contributed by atoms with Crippen LogP contribution >= 0.6 is 31.9 Å². The molecular formula is C9H14Br2F2. The van der Waals surface area contributed by atoms with Gasteiger partial charge in [0.15, 0.2) is 0 Å². The first kappa shape index (κ1) is 11.9. The van der Waals surface area contributed by atoms with Gasteiger partial charge in [0.1, 0.15) is 0 Å². The van der Waals surface area contributed by atoms with Crippen molar-refractivity contribution in [1.82, 2.24) is 0 Å². The molecule has 1 saturated carbocycles. The second-order valence-electron chi connectivity index (χ2n) is 3.73. The fourth-order valence-corrected chi connectivity index (χ4v) is 3.60. The van der Waals surface area contributed by atoms with Crippen LogP contribution in [-0.4, -0.2) is 9.66 Å². The van der Waals surface area contributed by atoms with Gasteiger partial charge in [-0.1, -0.05) is 35.2 Å². The first-order valence-corrected chi connectivity index (χ1v) is 6.41. The predicted octanol–water partition coefficient (Wildman–Crippen LogP) is 4.71. The minimum absolute atomic E-state index is 0.0397. The van der Waals surface area contributed by atoms with Crippen molar-refractivity contribution in [3.8, 4) is 0 Å². The number of rotatable bonds is 3. The molecule has 0 heterocycles. The maximum Gasteiger partial charge on any atom is 0.302 e. The first-order valence-electron chi connectivity index (χ1n) is 4.70. The van der Waals surface area contributed by atoms with Crippen LogP contribution in [0, 0.1) is 5.92 Å². The van der Waals surface area contributed by atoms with E-state index in [1.807, 2.05) is 0 Å². The molecule has 0 radical (unpaired) electrons. The Bertz CT molecular complexity index is 150. The lowest BCUT2D eigenvalue weighted by molar-refractivity contribution is 0.0959. The lowest BCUT2D eigenvalue weighted by atomic mass is 9.86. The number of halogens is 4. The molecule has 0 aromatic rings. The quantitative estimate of drug-likeness (QED) is 0.661. The van der Waals surface area contributed by atoms with Crippen molar-refractivity contribution in [2.75, 3.05) is 0 Å². The zero-order chi connectivity index (χ0) is 9.90. The molecule has 1 atom stereocenters. The van der Waals surface area contributed by atoms with Gasteiger partial charge < -0.3 is 0 Å². The van der Waals surface area contributed by atoms with E-state index < -0.39 is 4.83 Å². The summed E-state index contributed by atoms with van der Waals surface area (Å²) in [5.41, 5.74) is 0. The van der Waals surface area contributed by atoms with Crippen LogP contribution in [0.15, 0.2) is 0 Å². The molecule has 1 aliphatic rings. The van der Waals surface area contributed by atoms with E-state index in [-0.39, 0.29) is 11.2 Å². The largest absolute Gasteiger partial charge is 0.302 e. The van der Waals surface area contributed by atoms with Gasteiger partial charge in [0.2, 0.25) is 0 Å². The third-order valence-corrected chi connectivity index (χ3v) is 3.98. The van der Waals surface area contributed by atoms with E-state index in [0.717, 1.165) is 12.8 Å². The van der Waals surface area contributed by atoms with Gasteiger partial charge in [-0.05, 0) is 34.7 Å². The molecule has 1 aliphatic carbocycles. The lowest BCUT2D eigenvalue weighted by Crippen LogP contribution is -2.23. The van der Waals surface area contributed by atoms with E-state index in [1.54, 1.807) is 0 Å². The van der Waals surface area contributed by atoms with Gasteiger partial charge in [0, 0.05) is 11.2 Å². The highest BCUT2D eigenvalue weighted by Crippen LogP contribution is 2.37. The third-order valence-electron chi connectivity index (χ3n) is 2.59. The Morgan fingerprint density at radius 3 is 2.23 bits per heavy atom. The summed E-state index contributed by atoms with van der Waals surface area (Å²) in [6.07, 6.45) is 5.75. The first-order chi connectivity index (χ1) is 5.99. The molecule has 0 spiro atoms. The molecule has 13 heavy (non-hydrogen) atoms. The molecule has 0 bridgehead atoms. The summed E-state index contributed by atoms with van der Waals surface area (Å²) >= 11 is 5.75. The van der Waals surface area contributed by atoms with Crippen LogP contribution in [-0.2, 0) is 0 Å². The maximum atomic E-state index is 12.6. The van der Waals surface area contributed by atoms with Gasteiger partial charge in [-0.2, -0.15) is 8.78 Å². The molecule has 0 saturated heterocycles. The molecule has 0 amide bonds. The molecule has 78 valence electrons. The van der Waals surface area contributed by atoms with Crippen molar-refractivity contribution >= 4 is 31.9 Å². The Balaban J connectivity index is 2.33. The second-order valence-corrected chi connectivity index (χ2v) is 6.07. The summed E-state index contributed by atoms with van der Waals surface area (Å²) in [4.78, 5) is -2.75. The second kappa shape index (κ2) is 5.06. The van der Waals surface area contributed by atoms with E-state index in [1.165, 1.54) is 19.3 Å². The van der Waals surface area contributed by atoms with Crippen LogP contribution in [0.1, 0.15) is 38.5 Å². The van der Waals surface area contributed by atoms with Crippen LogP contribution in [0.3, 0.4) is 0 Å². The summed E-state index contributed by atoms with van der Waals surface area (Å²) in [6.45, 7) is 0. The van der Waals surface area contributed by atoms with Crippen molar-refractivity contribution in [1.29, 1.82) is 0 Å². The van der Waals surface area contributed by atoms with Gasteiger partial charge in [-0.25, -0.2) is 0 Å². The molecule has 0 aliphatic heterocycles. The standard InChI is InChI=1S/C9H14Br2F2/c10-8(6-9(11,12)13)7-4-2-1-3-5-7/h7-8H,1-6H2. The van der Waals surface area contributed by atoms with E-state index >= 15 is 0 Å². The SMILES string of the molecule is FC(F)(Br)CC(Br)C1CCCCC1. The van der Waals surface area contributed by atoms with Crippen LogP contribution in [0.2, 0.25) is 0 Å². The molecule has 1 fully saturated rings. The summed E-state index contributed by atoms with van der Waals surface area (Å²) in [6, 6.07) is 0. The minimum atomic E-state index is -2.71. The number of hydrogen-bond donors (Lipinski definition) is 0. The Morgan fingerprint density at radius 1 is 1.23 bits per heavy atom. The van der Waals surface area contributed by atoms with Gasteiger partial charge in [-0.3, -0.25) is 0 Å². The van der Waals surface area contributed by atoms with E-state index in [0.29, 0.717) is 5.92 Å². The smallest absolute Gasteiger partial charge is 0.194 e. The Labute approximate surface area is 94.7 Å². The van der Waals surface area contributed by atoms with Gasteiger partial charge in [0.05, 0.1) is 0 Å². The number of hydrogen-bond acceptors (Lipinski definition) is 0. The van der Waals surface area contributed by atoms with Crippen LogP contribution < -0.4 is 0 Å². The molecular weight excluding hydrogens is 306 g/mol. The predicted molar refractivity (Wildman–Crippen MR) is 57.8 cm³/mol. The highest BCUT2D eigenvalue weighted by Gasteiger charge is 2.32. The van der Waals surface area contributed by atoms with Crippen LogP contribution in [0.25, 0.3) is 0 Å². The van der Waals surface area contributed by atoms with Crippen molar-refractivity contribution in [3.63, 3.8) is 0 Å². The van der Waals surface area contributed by atoms with Crippen LogP contribution in [0.4, 0.5) is 8.78 Å². The zero-order valence-corrected chi connectivity index (χ0v) is 10.6. The fraction of sp³-hybridized carbons (Fsp3) is 1.00. The van der Waals surface area contributed by atoms with Gasteiger partial charge in [-0.15, -0.1) is 0 Å². The lowest BCUT2D eigenvalue weighted by Gasteiger charge is -2.27. The topological polar surface area (TPSA) is 0 Å². The monoisotopic (exact) mass is 318 g/mol. The molecule has 4 heteroatoms. The highest BCUT2D eigenvalue weighted by molar-refractivity contribution is 9.10. The highest BCUT2D eigenvalue weighted by atomic mass is 79.9. The molecule has 0 aromatic heterocycles. The van der Waals surface area contributed by atoms with E-state index in [4.69, 9.17) is 0 Å². The van der Waals surface area contributed by atoms with Gasteiger partial charge in [0.25, 0.3) is 0 Å². The van der Waals surface area contributed by atoms with Crippen molar-refractivity contribution in [3.05, 3.63) is 0 Å². The molecule has 0 N–H and O–H groups in total. The average Bonchev–Trinajstić information content (AvgIpc) is 2.03. The Morgan fingerprint density at radius 2 is 1.77 bits per heavy atom. The Hall–Kier alpha value is 0.820. The summed E-state index contributed by atoms with van der Waals surface area (Å²) in [5, 5.41) is 0. The summed E-state index contributed by atoms with van der Waals surface area (Å²) in [5.74, 6) is 0.442. The van der Waals surface area contributed by atoms with Crippen molar-refractivity contribution < 1.29 is 8.78 Å². The van der Waals surface area contributed by atoms with Gasteiger partial charge >= 0.3 is 4.83 Å². The third kappa shape index (κ3) is 4.73.